The van der Waals surface area contributed by atoms with Gasteiger partial charge in [-0.25, -0.2) is 0 Å². The molecule has 1 heterocycles. The minimum Gasteiger partial charge on any atom is -0.257 e. The molecular formula is C12H20O2S4. The van der Waals surface area contributed by atoms with Crippen molar-refractivity contribution < 1.29 is 8.42 Å². The minimum absolute atomic E-state index is 0.0733. The van der Waals surface area contributed by atoms with Crippen molar-refractivity contribution in [3.63, 3.8) is 0 Å². The summed E-state index contributed by atoms with van der Waals surface area (Å²) in [5, 5.41) is 1.66. The Kier molecular flexibility index (Phi) is 7.28. The minimum atomic E-state index is -1.13. The maximum atomic E-state index is 12.5. The Morgan fingerprint density at radius 2 is 2.06 bits per heavy atom. The van der Waals surface area contributed by atoms with Gasteiger partial charge in [0.1, 0.15) is 4.58 Å². The van der Waals surface area contributed by atoms with Gasteiger partial charge in [-0.2, -0.15) is 0 Å². The normalized spacial score (nSPS) is 38.1. The van der Waals surface area contributed by atoms with Crippen LogP contribution in [0.25, 0.3) is 0 Å². The number of hydrogen-bond donors (Lipinski definition) is 0. The van der Waals surface area contributed by atoms with Gasteiger partial charge in [0.25, 0.3) is 0 Å². The summed E-state index contributed by atoms with van der Waals surface area (Å²) in [5.74, 6) is 1.40. The molecule has 0 N–H and O–H groups in total. The van der Waals surface area contributed by atoms with E-state index >= 15 is 0 Å². The molecule has 1 aliphatic heterocycles. The molecule has 0 aromatic carbocycles. The van der Waals surface area contributed by atoms with E-state index in [-0.39, 0.29) is 15.1 Å². The smallest absolute Gasteiger partial charge is 0.118 e. The molecule has 18 heavy (non-hydrogen) atoms. The quantitative estimate of drug-likeness (QED) is 0.425. The summed E-state index contributed by atoms with van der Waals surface area (Å²) in [6.07, 6.45) is 3.62. The Morgan fingerprint density at radius 1 is 1.39 bits per heavy atom. The first-order valence-electron chi connectivity index (χ1n) is 5.85. The lowest BCUT2D eigenvalue weighted by Crippen LogP contribution is -2.22. The summed E-state index contributed by atoms with van der Waals surface area (Å²) in [6.45, 7) is 9.70. The monoisotopic (exact) mass is 324 g/mol. The average Bonchev–Trinajstić information content (AvgIpc) is 2.53. The molecule has 6 heteroatoms. The first-order valence-corrected chi connectivity index (χ1v) is 10.8. The van der Waals surface area contributed by atoms with Crippen molar-refractivity contribution in [3.05, 3.63) is 24.1 Å². The largest absolute Gasteiger partial charge is 0.257 e. The molecule has 0 spiro atoms. The lowest BCUT2D eigenvalue weighted by molar-refractivity contribution is 0.466. The SMILES string of the molecule is C=CCSSC1C(C)C(C)C(S(=O)C=CC)S1=O. The van der Waals surface area contributed by atoms with Crippen molar-refractivity contribution in [2.45, 2.75) is 29.9 Å². The summed E-state index contributed by atoms with van der Waals surface area (Å²) in [6, 6.07) is 0. The van der Waals surface area contributed by atoms with E-state index in [4.69, 9.17) is 0 Å². The van der Waals surface area contributed by atoms with Crippen LogP contribution in [0.2, 0.25) is 0 Å². The van der Waals surface area contributed by atoms with E-state index in [0.717, 1.165) is 5.75 Å². The predicted octanol–water partition coefficient (Wildman–Crippen LogP) is 3.52. The molecular weight excluding hydrogens is 304 g/mol. The number of allylic oxidation sites excluding steroid dienone is 1. The van der Waals surface area contributed by atoms with E-state index in [2.05, 4.69) is 20.4 Å². The second-order valence-corrected chi connectivity index (χ2v) is 10.5. The molecule has 0 aromatic rings. The van der Waals surface area contributed by atoms with Gasteiger partial charge in [0.2, 0.25) is 0 Å². The fourth-order valence-electron chi connectivity index (χ4n) is 1.85. The third-order valence-electron chi connectivity index (χ3n) is 2.99. The van der Waals surface area contributed by atoms with E-state index < -0.39 is 21.6 Å². The molecule has 0 aromatic heterocycles. The third-order valence-corrected chi connectivity index (χ3v) is 11.1. The summed E-state index contributed by atoms with van der Waals surface area (Å²) in [7, 11) is 1.17. The highest BCUT2D eigenvalue weighted by atomic mass is 33.1. The van der Waals surface area contributed by atoms with E-state index in [1.165, 1.54) is 0 Å². The van der Waals surface area contributed by atoms with Gasteiger partial charge in [0.05, 0.1) is 26.2 Å². The first-order chi connectivity index (χ1) is 8.54. The van der Waals surface area contributed by atoms with Crippen LogP contribution in [0, 0.1) is 11.8 Å². The van der Waals surface area contributed by atoms with Gasteiger partial charge < -0.3 is 0 Å². The molecule has 0 radical (unpaired) electrons. The van der Waals surface area contributed by atoms with E-state index in [0.29, 0.717) is 5.92 Å². The molecule has 6 unspecified atom stereocenters. The second-order valence-electron chi connectivity index (χ2n) is 4.25. The highest BCUT2D eigenvalue weighted by Gasteiger charge is 2.47. The van der Waals surface area contributed by atoms with Crippen LogP contribution in [0.15, 0.2) is 24.1 Å². The van der Waals surface area contributed by atoms with Gasteiger partial charge >= 0.3 is 0 Å². The molecule has 104 valence electrons. The molecule has 0 aliphatic carbocycles. The molecule has 0 amide bonds. The van der Waals surface area contributed by atoms with Gasteiger partial charge in [-0.3, -0.25) is 8.42 Å². The zero-order valence-electron chi connectivity index (χ0n) is 10.9. The second kappa shape index (κ2) is 7.92. The summed E-state index contributed by atoms with van der Waals surface area (Å²) in [4.78, 5) is 0. The fourth-order valence-corrected chi connectivity index (χ4v) is 10.1. The van der Waals surface area contributed by atoms with Crippen LogP contribution in [0.3, 0.4) is 0 Å². The molecule has 0 bridgehead atoms. The Bertz CT molecular complexity index is 367. The lowest BCUT2D eigenvalue weighted by atomic mass is 10.0. The maximum Gasteiger partial charge on any atom is 0.118 e. The molecule has 1 rings (SSSR count). The predicted molar refractivity (Wildman–Crippen MR) is 87.2 cm³/mol. The van der Waals surface area contributed by atoms with Crippen LogP contribution < -0.4 is 0 Å². The van der Waals surface area contributed by atoms with E-state index in [1.807, 2.05) is 13.0 Å². The van der Waals surface area contributed by atoms with Gasteiger partial charge in [-0.15, -0.1) is 6.58 Å². The number of hydrogen-bond acceptors (Lipinski definition) is 4. The Morgan fingerprint density at radius 3 is 2.61 bits per heavy atom. The van der Waals surface area contributed by atoms with Crippen LogP contribution in [0.5, 0.6) is 0 Å². The van der Waals surface area contributed by atoms with Gasteiger partial charge in [0.15, 0.2) is 0 Å². The fraction of sp³-hybridized carbons (Fsp3) is 0.667. The van der Waals surface area contributed by atoms with Gasteiger partial charge in [-0.1, -0.05) is 47.6 Å². The molecule has 6 atom stereocenters. The van der Waals surface area contributed by atoms with Gasteiger partial charge in [0, 0.05) is 5.75 Å². The highest BCUT2D eigenvalue weighted by molar-refractivity contribution is 8.78. The maximum absolute atomic E-state index is 12.5. The van der Waals surface area contributed by atoms with Crippen molar-refractivity contribution in [2.24, 2.45) is 11.8 Å². The molecule has 2 nitrogen and oxygen atoms in total. The standard InChI is InChI=1S/C12H20O2S4/c1-5-7-15-16-11-9(3)10(4)12(18(11)14)17(13)8-6-2/h5-6,8-12H,1,7H2,2-4H3. The number of rotatable bonds is 6. The molecule has 1 saturated heterocycles. The van der Waals surface area contributed by atoms with Crippen molar-refractivity contribution in [1.29, 1.82) is 0 Å². The van der Waals surface area contributed by atoms with Crippen LogP contribution in [0.1, 0.15) is 20.8 Å². The third kappa shape index (κ3) is 3.74. The first kappa shape index (κ1) is 16.5. The Balaban J connectivity index is 2.76. The van der Waals surface area contributed by atoms with Crippen molar-refractivity contribution in [2.75, 3.05) is 5.75 Å². The van der Waals surface area contributed by atoms with Crippen LogP contribution >= 0.6 is 21.6 Å². The molecule has 1 fully saturated rings. The van der Waals surface area contributed by atoms with Crippen LogP contribution in [0.4, 0.5) is 0 Å². The molecule has 0 saturated carbocycles. The van der Waals surface area contributed by atoms with E-state index in [1.54, 1.807) is 33.1 Å². The van der Waals surface area contributed by atoms with E-state index in [9.17, 15) is 8.42 Å². The zero-order chi connectivity index (χ0) is 13.7. The summed E-state index contributed by atoms with van der Waals surface area (Å²) < 4.78 is 24.4. The summed E-state index contributed by atoms with van der Waals surface area (Å²) in [5.41, 5.74) is 0. The van der Waals surface area contributed by atoms with Gasteiger partial charge in [-0.05, 0) is 24.2 Å². The lowest BCUT2D eigenvalue weighted by Gasteiger charge is -2.15. The topological polar surface area (TPSA) is 34.1 Å². The Labute approximate surface area is 123 Å². The molecule has 1 aliphatic rings. The summed E-state index contributed by atoms with van der Waals surface area (Å²) >= 11 is 0. The van der Waals surface area contributed by atoms with Crippen molar-refractivity contribution >= 4 is 43.2 Å². The van der Waals surface area contributed by atoms with Crippen molar-refractivity contribution in [1.82, 2.24) is 0 Å². The average molecular weight is 325 g/mol. The highest BCUT2D eigenvalue weighted by Crippen LogP contribution is 2.45. The van der Waals surface area contributed by atoms with Crippen LogP contribution in [-0.2, 0) is 21.6 Å². The zero-order valence-corrected chi connectivity index (χ0v) is 14.2. The van der Waals surface area contributed by atoms with Crippen molar-refractivity contribution in [3.8, 4) is 0 Å². The Hall–Kier alpha value is 0.480. The van der Waals surface area contributed by atoms with Crippen LogP contribution in [-0.4, -0.2) is 23.3 Å².